The number of carbonyl (C=O) groups excluding carboxylic acids is 2. The van der Waals surface area contributed by atoms with Crippen molar-refractivity contribution >= 4 is 46.7 Å². The van der Waals surface area contributed by atoms with Crippen molar-refractivity contribution in [3.05, 3.63) is 91.8 Å². The Hall–Kier alpha value is -4.98. The second-order valence-electron chi connectivity index (χ2n) is 10.3. The van der Waals surface area contributed by atoms with Gasteiger partial charge in [0.2, 0.25) is 17.2 Å². The van der Waals surface area contributed by atoms with Gasteiger partial charge in [0.15, 0.2) is 10.3 Å². The number of hydrogen-bond donors (Lipinski definition) is 6. The average Bonchev–Trinajstić information content (AvgIpc) is 2.95. The Balaban J connectivity index is 1.60. The van der Waals surface area contributed by atoms with Crippen LogP contribution >= 0.6 is 23.5 Å². The summed E-state index contributed by atoms with van der Waals surface area (Å²) >= 11 is 1.55. The molecule has 4 aromatic rings. The number of nitrogens with zero attached hydrogens (tertiary/aromatic N) is 2. The van der Waals surface area contributed by atoms with Crippen LogP contribution in [0.3, 0.4) is 0 Å². The molecule has 260 valence electrons. The Morgan fingerprint density at radius 3 is 1.37 bits per heavy atom. The van der Waals surface area contributed by atoms with E-state index in [-0.39, 0.29) is 22.4 Å². The standard InChI is InChI=1S/C29H24F6N6O6S2/c1-13-7-21(44)40-25(36-13)48-11-23(46)38-17-5-3-15(9-19(17)42)27(28(30,31)32,29(33,34)35)16-4-6-18(20(43)10-16)39-24(47)12-49-26-37-14(2)8-22(45)41-26/h3-10,42-43H,11-12H2,1-2H3,(H,38,46)(H,39,47)(H,36,40,44)(H,37,41,45). The third-order valence-electron chi connectivity index (χ3n) is 6.64. The Morgan fingerprint density at radius 1 is 0.694 bits per heavy atom. The number of halogens is 6. The van der Waals surface area contributed by atoms with Gasteiger partial charge in [-0.2, -0.15) is 26.3 Å². The quantitative estimate of drug-likeness (QED) is 0.0575. The van der Waals surface area contributed by atoms with E-state index >= 15 is 0 Å². The van der Waals surface area contributed by atoms with Crippen LogP contribution in [0.4, 0.5) is 37.7 Å². The van der Waals surface area contributed by atoms with E-state index in [1.807, 2.05) is 0 Å². The molecule has 2 heterocycles. The third-order valence-corrected chi connectivity index (χ3v) is 8.38. The fourth-order valence-corrected chi connectivity index (χ4v) is 6.05. The summed E-state index contributed by atoms with van der Waals surface area (Å²) in [6.07, 6.45) is -12.2. The van der Waals surface area contributed by atoms with Crippen LogP contribution in [0.15, 0.2) is 68.4 Å². The maximum absolute atomic E-state index is 14.7. The molecule has 0 radical (unpaired) electrons. The van der Waals surface area contributed by atoms with Gasteiger partial charge >= 0.3 is 12.4 Å². The molecule has 0 aliphatic heterocycles. The number of carbonyl (C=O) groups is 2. The van der Waals surface area contributed by atoms with Crippen molar-refractivity contribution in [3.63, 3.8) is 0 Å². The van der Waals surface area contributed by atoms with Crippen LogP contribution in [0.2, 0.25) is 0 Å². The lowest BCUT2D eigenvalue weighted by atomic mass is 9.72. The zero-order valence-corrected chi connectivity index (χ0v) is 26.7. The van der Waals surface area contributed by atoms with E-state index in [9.17, 15) is 55.7 Å². The van der Waals surface area contributed by atoms with Crippen molar-refractivity contribution in [2.45, 2.75) is 41.9 Å². The second-order valence-corrected chi connectivity index (χ2v) is 12.2. The van der Waals surface area contributed by atoms with Crippen LogP contribution in [0.1, 0.15) is 22.5 Å². The van der Waals surface area contributed by atoms with E-state index in [0.29, 0.717) is 35.7 Å². The molecule has 12 nitrogen and oxygen atoms in total. The molecule has 2 amide bonds. The number of hydrogen-bond acceptors (Lipinski definition) is 10. The highest BCUT2D eigenvalue weighted by atomic mass is 32.2. The molecular weight excluding hydrogens is 706 g/mol. The number of H-pyrrole nitrogens is 2. The van der Waals surface area contributed by atoms with Gasteiger partial charge in [-0.25, -0.2) is 9.97 Å². The molecular formula is C29H24F6N6O6S2. The van der Waals surface area contributed by atoms with E-state index < -0.39 is 86.2 Å². The van der Waals surface area contributed by atoms with Crippen LogP contribution in [0.5, 0.6) is 11.5 Å². The van der Waals surface area contributed by atoms with E-state index in [1.54, 1.807) is 0 Å². The lowest BCUT2D eigenvalue weighted by molar-refractivity contribution is -0.288. The maximum Gasteiger partial charge on any atom is 0.411 e. The number of phenolic OH excluding ortho intramolecular Hbond substituents is 2. The van der Waals surface area contributed by atoms with Crippen molar-refractivity contribution in [2.75, 3.05) is 22.1 Å². The summed E-state index contributed by atoms with van der Waals surface area (Å²) in [6, 6.07) is 4.92. The highest BCUT2D eigenvalue weighted by molar-refractivity contribution is 8.00. The number of anilines is 2. The molecule has 2 aromatic carbocycles. The highest BCUT2D eigenvalue weighted by Crippen LogP contribution is 2.57. The molecule has 0 unspecified atom stereocenters. The van der Waals surface area contributed by atoms with E-state index in [0.717, 1.165) is 23.5 Å². The molecule has 4 rings (SSSR count). The van der Waals surface area contributed by atoms with Gasteiger partial charge in [-0.1, -0.05) is 35.7 Å². The van der Waals surface area contributed by atoms with Crippen LogP contribution < -0.4 is 21.8 Å². The number of benzene rings is 2. The van der Waals surface area contributed by atoms with Gasteiger partial charge in [0.25, 0.3) is 11.1 Å². The maximum atomic E-state index is 14.7. The lowest BCUT2D eigenvalue weighted by Crippen LogP contribution is -2.54. The second kappa shape index (κ2) is 14.2. The van der Waals surface area contributed by atoms with Crippen molar-refractivity contribution in [1.82, 2.24) is 19.9 Å². The largest absolute Gasteiger partial charge is 0.506 e. The molecule has 0 saturated heterocycles. The highest BCUT2D eigenvalue weighted by Gasteiger charge is 2.72. The number of amides is 2. The molecule has 0 bridgehead atoms. The first-order chi connectivity index (χ1) is 22.8. The molecule has 0 spiro atoms. The Bertz CT molecular complexity index is 1870. The SMILES string of the molecule is Cc1cc(=O)[nH]c(SCC(=O)Nc2ccc(C(c3ccc(NC(=O)CSc4nc(C)cc(=O)[nH]4)c(O)c3)(C(F)(F)F)C(F)(F)F)cc2O)n1. The minimum atomic E-state index is -6.09. The molecule has 0 fully saturated rings. The number of nitrogens with one attached hydrogen (secondary N) is 4. The number of alkyl halides is 6. The molecule has 49 heavy (non-hydrogen) atoms. The van der Waals surface area contributed by atoms with Gasteiger partial charge in [-0.15, -0.1) is 0 Å². The summed E-state index contributed by atoms with van der Waals surface area (Å²) in [4.78, 5) is 60.7. The molecule has 6 N–H and O–H groups in total. The van der Waals surface area contributed by atoms with Gasteiger partial charge in [-0.3, -0.25) is 19.2 Å². The van der Waals surface area contributed by atoms with Crippen LogP contribution in [0.25, 0.3) is 0 Å². The summed E-state index contributed by atoms with van der Waals surface area (Å²) in [5, 5.41) is 25.4. The summed E-state index contributed by atoms with van der Waals surface area (Å²) in [6.45, 7) is 3.07. The summed E-state index contributed by atoms with van der Waals surface area (Å²) in [5.74, 6) is -4.73. The molecule has 0 atom stereocenters. The number of phenols is 2. The average molecular weight is 731 g/mol. The van der Waals surface area contributed by atoms with Crippen LogP contribution in [-0.4, -0.2) is 65.8 Å². The van der Waals surface area contributed by atoms with E-state index in [2.05, 4.69) is 30.6 Å². The Kier molecular flexibility index (Phi) is 10.7. The number of thioether (sulfide) groups is 2. The minimum absolute atomic E-state index is 0.0738. The van der Waals surface area contributed by atoms with Crippen molar-refractivity contribution < 1.29 is 46.1 Å². The normalized spacial score (nSPS) is 12.1. The first kappa shape index (κ1) is 36.8. The van der Waals surface area contributed by atoms with Gasteiger partial charge in [0, 0.05) is 23.5 Å². The summed E-state index contributed by atoms with van der Waals surface area (Å²) in [7, 11) is 0. The minimum Gasteiger partial charge on any atom is -0.506 e. The third kappa shape index (κ3) is 8.37. The van der Waals surface area contributed by atoms with Crippen LogP contribution in [0, 0.1) is 13.8 Å². The summed E-state index contributed by atoms with van der Waals surface area (Å²) in [5.41, 5.74) is -9.07. The van der Waals surface area contributed by atoms with Crippen molar-refractivity contribution in [3.8, 4) is 11.5 Å². The smallest absolute Gasteiger partial charge is 0.411 e. The van der Waals surface area contributed by atoms with Gasteiger partial charge in [0.05, 0.1) is 22.9 Å². The first-order valence-corrected chi connectivity index (χ1v) is 15.6. The van der Waals surface area contributed by atoms with Crippen molar-refractivity contribution in [1.29, 1.82) is 0 Å². The summed E-state index contributed by atoms with van der Waals surface area (Å²) < 4.78 is 88.0. The predicted molar refractivity (Wildman–Crippen MR) is 167 cm³/mol. The lowest BCUT2D eigenvalue weighted by Gasteiger charge is -2.38. The van der Waals surface area contributed by atoms with E-state index in [1.165, 1.54) is 26.0 Å². The van der Waals surface area contributed by atoms with E-state index in [4.69, 9.17) is 0 Å². The number of aromatic hydroxyl groups is 2. The number of aromatic nitrogens is 4. The molecule has 20 heteroatoms. The number of aromatic amines is 2. The molecule has 0 aliphatic carbocycles. The fourth-order valence-electron chi connectivity index (χ4n) is 4.60. The van der Waals surface area contributed by atoms with Crippen molar-refractivity contribution in [2.24, 2.45) is 0 Å². The Labute approximate surface area is 279 Å². The predicted octanol–water partition coefficient (Wildman–Crippen LogP) is 4.75. The molecule has 2 aromatic heterocycles. The number of aryl methyl sites for hydroxylation is 2. The zero-order chi connectivity index (χ0) is 36.3. The first-order valence-electron chi connectivity index (χ1n) is 13.6. The Morgan fingerprint density at radius 2 is 1.06 bits per heavy atom. The monoisotopic (exact) mass is 730 g/mol. The molecule has 0 saturated carbocycles. The topological polar surface area (TPSA) is 190 Å². The van der Waals surface area contributed by atoms with Gasteiger partial charge in [0.1, 0.15) is 11.5 Å². The van der Waals surface area contributed by atoms with Crippen LogP contribution in [-0.2, 0) is 15.0 Å². The fraction of sp³-hybridized carbons (Fsp3) is 0.241. The molecule has 0 aliphatic rings. The zero-order valence-electron chi connectivity index (χ0n) is 25.0. The van der Waals surface area contributed by atoms with Gasteiger partial charge < -0.3 is 30.8 Å². The van der Waals surface area contributed by atoms with Gasteiger partial charge in [-0.05, 0) is 49.2 Å². The number of rotatable bonds is 10.